The quantitative estimate of drug-likeness (QED) is 0.790. The molecule has 0 amide bonds. The lowest BCUT2D eigenvalue weighted by atomic mass is 9.84. The zero-order valence-corrected chi connectivity index (χ0v) is 11.6. The smallest absolute Gasteiger partial charge is 0.0362 e. The van der Waals surface area contributed by atoms with Crippen LogP contribution in [0.2, 0.25) is 0 Å². The number of nitrogen functional groups attached to an aromatic ring is 1. The topological polar surface area (TPSA) is 29.3 Å². The first-order chi connectivity index (χ1) is 9.15. The van der Waals surface area contributed by atoms with Crippen molar-refractivity contribution in [3.8, 4) is 0 Å². The number of hydrogen-bond donors (Lipinski definition) is 1. The van der Waals surface area contributed by atoms with Gasteiger partial charge in [-0.3, -0.25) is 0 Å². The van der Waals surface area contributed by atoms with Crippen LogP contribution in [0.25, 0.3) is 0 Å². The maximum atomic E-state index is 6.14. The van der Waals surface area contributed by atoms with Crippen LogP contribution in [0.5, 0.6) is 0 Å². The molecule has 2 heteroatoms. The van der Waals surface area contributed by atoms with Crippen LogP contribution in [0.15, 0.2) is 42.5 Å². The van der Waals surface area contributed by atoms with Crippen molar-refractivity contribution < 1.29 is 0 Å². The van der Waals surface area contributed by atoms with E-state index in [1.165, 1.54) is 22.3 Å². The van der Waals surface area contributed by atoms with Crippen molar-refractivity contribution in [1.29, 1.82) is 0 Å². The molecule has 0 spiro atoms. The predicted molar refractivity (Wildman–Crippen MR) is 80.2 cm³/mol. The molecule has 0 saturated heterocycles. The van der Waals surface area contributed by atoms with Crippen molar-refractivity contribution in [3.05, 3.63) is 64.7 Å². The third-order valence-electron chi connectivity index (χ3n) is 4.03. The number of nitrogens with two attached hydrogens (primary N) is 1. The van der Waals surface area contributed by atoms with E-state index in [1.54, 1.807) is 0 Å². The van der Waals surface area contributed by atoms with Crippen LogP contribution < -0.4 is 5.73 Å². The minimum atomic E-state index is 0.429. The molecule has 0 aliphatic carbocycles. The van der Waals surface area contributed by atoms with Gasteiger partial charge in [-0.25, -0.2) is 0 Å². The number of hydrogen-bond acceptors (Lipinski definition) is 2. The summed E-state index contributed by atoms with van der Waals surface area (Å²) in [4.78, 5) is 2.35. The Hall–Kier alpha value is -1.80. The van der Waals surface area contributed by atoms with Gasteiger partial charge in [0.15, 0.2) is 0 Å². The monoisotopic (exact) mass is 252 g/mol. The highest BCUT2D eigenvalue weighted by atomic mass is 15.1. The molecular weight excluding hydrogens is 232 g/mol. The minimum Gasteiger partial charge on any atom is -0.398 e. The van der Waals surface area contributed by atoms with Gasteiger partial charge in [-0.1, -0.05) is 42.0 Å². The fourth-order valence-electron chi connectivity index (χ4n) is 2.96. The molecule has 0 saturated carbocycles. The summed E-state index contributed by atoms with van der Waals surface area (Å²) in [6.45, 7) is 4.13. The summed E-state index contributed by atoms with van der Waals surface area (Å²) < 4.78 is 0. The average molecular weight is 252 g/mol. The third-order valence-corrected chi connectivity index (χ3v) is 4.03. The summed E-state index contributed by atoms with van der Waals surface area (Å²) in [6, 6.07) is 15.2. The Morgan fingerprint density at radius 2 is 1.84 bits per heavy atom. The van der Waals surface area contributed by atoms with Crippen molar-refractivity contribution in [3.63, 3.8) is 0 Å². The van der Waals surface area contributed by atoms with Gasteiger partial charge in [0.25, 0.3) is 0 Å². The second-order valence-corrected chi connectivity index (χ2v) is 5.58. The van der Waals surface area contributed by atoms with E-state index in [0.29, 0.717) is 5.92 Å². The molecule has 2 aromatic carbocycles. The van der Waals surface area contributed by atoms with Crippen molar-refractivity contribution in [2.24, 2.45) is 0 Å². The third kappa shape index (κ3) is 2.24. The molecule has 1 atom stereocenters. The number of likely N-dealkylation sites (N-methyl/N-ethyl adjacent to an activating group) is 1. The van der Waals surface area contributed by atoms with Crippen LogP contribution in [0, 0.1) is 6.92 Å². The minimum absolute atomic E-state index is 0.429. The highest BCUT2D eigenvalue weighted by Crippen LogP contribution is 2.35. The highest BCUT2D eigenvalue weighted by molar-refractivity contribution is 5.55. The van der Waals surface area contributed by atoms with Gasteiger partial charge >= 0.3 is 0 Å². The summed E-state index contributed by atoms with van der Waals surface area (Å²) in [5.41, 5.74) is 12.4. The second-order valence-electron chi connectivity index (χ2n) is 5.58. The summed E-state index contributed by atoms with van der Waals surface area (Å²) in [5.74, 6) is 0.429. The van der Waals surface area contributed by atoms with Gasteiger partial charge in [0.05, 0.1) is 0 Å². The zero-order valence-electron chi connectivity index (χ0n) is 11.6. The molecule has 0 aromatic heterocycles. The van der Waals surface area contributed by atoms with Gasteiger partial charge in [0.1, 0.15) is 0 Å². The van der Waals surface area contributed by atoms with E-state index >= 15 is 0 Å². The number of nitrogens with zero attached hydrogens (tertiary/aromatic N) is 1. The molecular formula is C17H20N2. The van der Waals surface area contributed by atoms with Gasteiger partial charge in [-0.15, -0.1) is 0 Å². The van der Waals surface area contributed by atoms with E-state index in [4.69, 9.17) is 5.73 Å². The highest BCUT2D eigenvalue weighted by Gasteiger charge is 2.25. The Morgan fingerprint density at radius 1 is 1.11 bits per heavy atom. The first-order valence-electron chi connectivity index (χ1n) is 6.77. The lowest BCUT2D eigenvalue weighted by Gasteiger charge is -2.33. The van der Waals surface area contributed by atoms with E-state index < -0.39 is 0 Å². The number of aryl methyl sites for hydroxylation is 1. The SMILES string of the molecule is Cc1ccc(C2CN(C)Cc3c(N)cccc32)cc1. The number of fused-ring (bicyclic) bond motifs is 1. The molecule has 1 aliphatic rings. The normalized spacial score (nSPS) is 19.2. The average Bonchev–Trinajstić information content (AvgIpc) is 2.40. The molecule has 0 radical (unpaired) electrons. The number of anilines is 1. The molecule has 0 bridgehead atoms. The fourth-order valence-corrected chi connectivity index (χ4v) is 2.96. The van der Waals surface area contributed by atoms with E-state index in [-0.39, 0.29) is 0 Å². The van der Waals surface area contributed by atoms with Gasteiger partial charge in [-0.05, 0) is 36.7 Å². The second kappa shape index (κ2) is 4.71. The van der Waals surface area contributed by atoms with E-state index in [2.05, 4.69) is 55.3 Å². The van der Waals surface area contributed by atoms with Crippen LogP contribution in [-0.2, 0) is 6.54 Å². The number of benzene rings is 2. The largest absolute Gasteiger partial charge is 0.398 e. The van der Waals surface area contributed by atoms with Gasteiger partial charge in [-0.2, -0.15) is 0 Å². The Morgan fingerprint density at radius 3 is 2.58 bits per heavy atom. The number of rotatable bonds is 1. The van der Waals surface area contributed by atoms with Crippen LogP contribution in [0.3, 0.4) is 0 Å². The van der Waals surface area contributed by atoms with Crippen LogP contribution in [0.1, 0.15) is 28.2 Å². The Bertz CT molecular complexity index is 587. The fraction of sp³-hybridized carbons (Fsp3) is 0.294. The summed E-state index contributed by atoms with van der Waals surface area (Å²) in [5, 5.41) is 0. The molecule has 1 heterocycles. The molecule has 2 N–H and O–H groups in total. The van der Waals surface area contributed by atoms with Crippen molar-refractivity contribution in [1.82, 2.24) is 4.90 Å². The van der Waals surface area contributed by atoms with Crippen molar-refractivity contribution in [2.75, 3.05) is 19.3 Å². The van der Waals surface area contributed by atoms with Gasteiger partial charge in [0, 0.05) is 24.7 Å². The summed E-state index contributed by atoms with van der Waals surface area (Å²) in [6.07, 6.45) is 0. The lowest BCUT2D eigenvalue weighted by molar-refractivity contribution is 0.296. The standard InChI is InChI=1S/C17H20N2/c1-12-6-8-13(9-7-12)15-10-19(2)11-16-14(15)4-3-5-17(16)18/h3-9,15H,10-11,18H2,1-2H3. The summed E-state index contributed by atoms with van der Waals surface area (Å²) in [7, 11) is 2.16. The summed E-state index contributed by atoms with van der Waals surface area (Å²) >= 11 is 0. The Labute approximate surface area is 114 Å². The molecule has 2 nitrogen and oxygen atoms in total. The molecule has 19 heavy (non-hydrogen) atoms. The van der Waals surface area contributed by atoms with E-state index in [9.17, 15) is 0 Å². The molecule has 2 aromatic rings. The Balaban J connectivity index is 2.08. The van der Waals surface area contributed by atoms with E-state index in [0.717, 1.165) is 18.8 Å². The first-order valence-corrected chi connectivity index (χ1v) is 6.77. The molecule has 1 aliphatic heterocycles. The molecule has 98 valence electrons. The van der Waals surface area contributed by atoms with Gasteiger partial charge in [0.2, 0.25) is 0 Å². The van der Waals surface area contributed by atoms with Crippen LogP contribution >= 0.6 is 0 Å². The molecule has 0 fully saturated rings. The van der Waals surface area contributed by atoms with E-state index in [1.807, 2.05) is 6.07 Å². The maximum absolute atomic E-state index is 6.14. The van der Waals surface area contributed by atoms with Crippen molar-refractivity contribution >= 4 is 5.69 Å². The van der Waals surface area contributed by atoms with Crippen molar-refractivity contribution in [2.45, 2.75) is 19.4 Å². The predicted octanol–water partition coefficient (Wildman–Crippen LogP) is 3.15. The van der Waals surface area contributed by atoms with Crippen LogP contribution in [0.4, 0.5) is 5.69 Å². The maximum Gasteiger partial charge on any atom is 0.0362 e. The lowest BCUT2D eigenvalue weighted by Crippen LogP contribution is -2.31. The molecule has 3 rings (SSSR count). The Kier molecular flexibility index (Phi) is 3.03. The first kappa shape index (κ1) is 12.2. The zero-order chi connectivity index (χ0) is 13.4. The van der Waals surface area contributed by atoms with Gasteiger partial charge < -0.3 is 10.6 Å². The molecule has 1 unspecified atom stereocenters. The van der Waals surface area contributed by atoms with Crippen LogP contribution in [-0.4, -0.2) is 18.5 Å².